The summed E-state index contributed by atoms with van der Waals surface area (Å²) in [7, 11) is 0. The van der Waals surface area contributed by atoms with E-state index in [1.807, 2.05) is 12.1 Å². The molecule has 0 aromatic carbocycles. The molecule has 2 rings (SSSR count). The van der Waals surface area contributed by atoms with Crippen LogP contribution in [0.2, 0.25) is 0 Å². The van der Waals surface area contributed by atoms with Gasteiger partial charge in [-0.2, -0.15) is 5.10 Å². The van der Waals surface area contributed by atoms with Crippen LogP contribution in [0, 0.1) is 3.70 Å². The lowest BCUT2D eigenvalue weighted by atomic mass is 10.4. The van der Waals surface area contributed by atoms with Crippen LogP contribution in [0.25, 0.3) is 11.0 Å². The first kappa shape index (κ1) is 11.3. The number of halogens is 1. The largest absolute Gasteiger partial charge is 0.465 e. The van der Waals surface area contributed by atoms with Gasteiger partial charge in [-0.05, 0) is 41.6 Å². The van der Waals surface area contributed by atoms with Gasteiger partial charge in [0.1, 0.15) is 10.2 Å². The smallest absolute Gasteiger partial charge is 0.327 e. The second-order valence-electron chi connectivity index (χ2n) is 3.13. The summed E-state index contributed by atoms with van der Waals surface area (Å²) in [6.07, 6.45) is 1.68. The highest BCUT2D eigenvalue weighted by atomic mass is 127. The van der Waals surface area contributed by atoms with Crippen LogP contribution in [-0.2, 0) is 16.1 Å². The molecular weight excluding hydrogens is 321 g/mol. The molecule has 5 nitrogen and oxygen atoms in total. The number of nitrogens with zero attached hydrogens (tertiary/aromatic N) is 3. The number of fused-ring (bicyclic) bond motifs is 1. The average molecular weight is 331 g/mol. The molecule has 0 aliphatic carbocycles. The molecule has 84 valence electrons. The summed E-state index contributed by atoms with van der Waals surface area (Å²) in [4.78, 5) is 15.5. The van der Waals surface area contributed by atoms with Gasteiger partial charge in [-0.1, -0.05) is 0 Å². The lowest BCUT2D eigenvalue weighted by Crippen LogP contribution is -2.15. The molecule has 2 heterocycles. The molecule has 0 saturated heterocycles. The SMILES string of the molecule is CCOC(=O)Cn1nc2ncccc2c1I. The minimum atomic E-state index is -0.284. The number of pyridine rings is 1. The fraction of sp³-hybridized carbons (Fsp3) is 0.300. The van der Waals surface area contributed by atoms with Gasteiger partial charge in [0.05, 0.1) is 12.0 Å². The van der Waals surface area contributed by atoms with E-state index in [9.17, 15) is 4.79 Å². The van der Waals surface area contributed by atoms with Crippen LogP contribution in [0.5, 0.6) is 0 Å². The van der Waals surface area contributed by atoms with E-state index in [1.165, 1.54) is 0 Å². The Balaban J connectivity index is 2.31. The third kappa shape index (κ3) is 2.16. The molecular formula is C10H10IN3O2. The number of aromatic nitrogens is 3. The van der Waals surface area contributed by atoms with Crippen LogP contribution in [0.1, 0.15) is 6.92 Å². The van der Waals surface area contributed by atoms with Gasteiger partial charge in [-0.25, -0.2) is 9.67 Å². The van der Waals surface area contributed by atoms with E-state index in [-0.39, 0.29) is 12.5 Å². The van der Waals surface area contributed by atoms with Crippen molar-refractivity contribution >= 4 is 39.6 Å². The second kappa shape index (κ2) is 4.77. The van der Waals surface area contributed by atoms with E-state index in [1.54, 1.807) is 17.8 Å². The molecule has 0 aliphatic rings. The van der Waals surface area contributed by atoms with Gasteiger partial charge in [-0.15, -0.1) is 0 Å². The summed E-state index contributed by atoms with van der Waals surface area (Å²) in [5.74, 6) is -0.284. The number of hydrogen-bond acceptors (Lipinski definition) is 4. The van der Waals surface area contributed by atoms with Gasteiger partial charge in [0.25, 0.3) is 0 Å². The maximum absolute atomic E-state index is 11.3. The van der Waals surface area contributed by atoms with Crippen molar-refractivity contribution in [1.29, 1.82) is 0 Å². The molecule has 0 spiro atoms. The van der Waals surface area contributed by atoms with Gasteiger partial charge < -0.3 is 4.74 Å². The Hall–Kier alpha value is -1.18. The monoisotopic (exact) mass is 331 g/mol. The van der Waals surface area contributed by atoms with E-state index in [2.05, 4.69) is 32.7 Å². The summed E-state index contributed by atoms with van der Waals surface area (Å²) < 4.78 is 7.38. The summed E-state index contributed by atoms with van der Waals surface area (Å²) in [5.41, 5.74) is 0.649. The molecule has 0 saturated carbocycles. The Bertz CT molecular complexity index is 524. The fourth-order valence-electron chi connectivity index (χ4n) is 1.37. The highest BCUT2D eigenvalue weighted by Gasteiger charge is 2.12. The molecule has 0 N–H and O–H groups in total. The molecule has 0 radical (unpaired) electrons. The normalized spacial score (nSPS) is 10.6. The first-order chi connectivity index (χ1) is 7.72. The third-order valence-electron chi connectivity index (χ3n) is 2.04. The van der Waals surface area contributed by atoms with Gasteiger partial charge in [0, 0.05) is 6.20 Å². The molecule has 0 unspecified atom stereocenters. The topological polar surface area (TPSA) is 57.0 Å². The van der Waals surface area contributed by atoms with Crippen LogP contribution >= 0.6 is 22.6 Å². The predicted molar refractivity (Wildman–Crippen MR) is 66.9 cm³/mol. The van der Waals surface area contributed by atoms with Gasteiger partial charge >= 0.3 is 5.97 Å². The minimum absolute atomic E-state index is 0.127. The summed E-state index contributed by atoms with van der Waals surface area (Å²) in [5, 5.41) is 5.18. The van der Waals surface area contributed by atoms with Crippen molar-refractivity contribution < 1.29 is 9.53 Å². The number of esters is 1. The number of hydrogen-bond donors (Lipinski definition) is 0. The lowest BCUT2D eigenvalue weighted by molar-refractivity contribution is -0.144. The molecule has 0 bridgehead atoms. The van der Waals surface area contributed by atoms with E-state index in [0.29, 0.717) is 12.3 Å². The molecule has 0 aliphatic heterocycles. The lowest BCUT2D eigenvalue weighted by Gasteiger charge is -2.02. The van der Waals surface area contributed by atoms with Gasteiger partial charge in [0.15, 0.2) is 5.65 Å². The van der Waals surface area contributed by atoms with Crippen molar-refractivity contribution in [1.82, 2.24) is 14.8 Å². The van der Waals surface area contributed by atoms with Crippen molar-refractivity contribution in [3.63, 3.8) is 0 Å². The zero-order valence-corrected chi connectivity index (χ0v) is 10.8. The molecule has 0 fully saturated rings. The summed E-state index contributed by atoms with van der Waals surface area (Å²) >= 11 is 2.15. The fourth-order valence-corrected chi connectivity index (χ4v) is 2.07. The Morgan fingerprint density at radius 2 is 2.44 bits per heavy atom. The molecule has 0 amide bonds. The van der Waals surface area contributed by atoms with Gasteiger partial charge in [0.2, 0.25) is 0 Å². The first-order valence-corrected chi connectivity index (χ1v) is 5.93. The van der Waals surface area contributed by atoms with Gasteiger partial charge in [-0.3, -0.25) is 4.79 Å². The van der Waals surface area contributed by atoms with Crippen LogP contribution in [0.4, 0.5) is 0 Å². The Labute approximate surface area is 106 Å². The highest BCUT2D eigenvalue weighted by molar-refractivity contribution is 14.1. The molecule has 2 aromatic rings. The van der Waals surface area contributed by atoms with Crippen molar-refractivity contribution in [2.75, 3.05) is 6.61 Å². The quantitative estimate of drug-likeness (QED) is 0.633. The zero-order chi connectivity index (χ0) is 11.5. The molecule has 2 aromatic heterocycles. The molecule has 16 heavy (non-hydrogen) atoms. The Kier molecular flexibility index (Phi) is 3.37. The maximum Gasteiger partial charge on any atom is 0.327 e. The van der Waals surface area contributed by atoms with Crippen LogP contribution in [0.15, 0.2) is 18.3 Å². The highest BCUT2D eigenvalue weighted by Crippen LogP contribution is 2.17. The zero-order valence-electron chi connectivity index (χ0n) is 8.68. The average Bonchev–Trinajstić information content (AvgIpc) is 2.57. The van der Waals surface area contributed by atoms with Crippen LogP contribution in [0.3, 0.4) is 0 Å². The predicted octanol–water partition coefficient (Wildman–Crippen LogP) is 1.60. The standard InChI is InChI=1S/C10H10IN3O2/c1-2-16-8(15)6-14-9(11)7-4-3-5-12-10(7)13-14/h3-5H,2,6H2,1H3. The molecule has 0 atom stereocenters. The maximum atomic E-state index is 11.3. The third-order valence-corrected chi connectivity index (χ3v) is 3.17. The van der Waals surface area contributed by atoms with Crippen LogP contribution < -0.4 is 0 Å². The summed E-state index contributed by atoms with van der Waals surface area (Å²) in [6, 6.07) is 3.78. The minimum Gasteiger partial charge on any atom is -0.465 e. The number of ether oxygens (including phenoxy) is 1. The van der Waals surface area contributed by atoms with E-state index < -0.39 is 0 Å². The number of rotatable bonds is 3. The van der Waals surface area contributed by atoms with E-state index in [0.717, 1.165) is 9.09 Å². The van der Waals surface area contributed by atoms with Crippen molar-refractivity contribution in [3.8, 4) is 0 Å². The first-order valence-electron chi connectivity index (χ1n) is 4.85. The Morgan fingerprint density at radius 3 is 3.12 bits per heavy atom. The summed E-state index contributed by atoms with van der Waals surface area (Å²) in [6.45, 7) is 2.29. The number of carbonyl (C=O) groups is 1. The van der Waals surface area contributed by atoms with Crippen LogP contribution in [-0.4, -0.2) is 27.3 Å². The second-order valence-corrected chi connectivity index (χ2v) is 4.15. The number of carbonyl (C=O) groups excluding carboxylic acids is 1. The van der Waals surface area contributed by atoms with E-state index >= 15 is 0 Å². The van der Waals surface area contributed by atoms with E-state index in [4.69, 9.17) is 4.74 Å². The van der Waals surface area contributed by atoms with Crippen molar-refractivity contribution in [3.05, 3.63) is 22.0 Å². The Morgan fingerprint density at radius 1 is 1.62 bits per heavy atom. The van der Waals surface area contributed by atoms with Crippen molar-refractivity contribution in [2.45, 2.75) is 13.5 Å². The van der Waals surface area contributed by atoms with Crippen molar-refractivity contribution in [2.24, 2.45) is 0 Å². The molecule has 6 heteroatoms.